The molecule has 1 unspecified atom stereocenters. The summed E-state index contributed by atoms with van der Waals surface area (Å²) in [7, 11) is 0. The lowest BCUT2D eigenvalue weighted by atomic mass is 9.88. The minimum atomic E-state index is -0.0401. The molecule has 0 rings (SSSR count). The highest BCUT2D eigenvalue weighted by Crippen LogP contribution is 2.22. The van der Waals surface area contributed by atoms with E-state index < -0.39 is 0 Å². The predicted molar refractivity (Wildman–Crippen MR) is 189 cm³/mol. The van der Waals surface area contributed by atoms with E-state index in [0.717, 1.165) is 89.8 Å². The number of ether oxygens (including phenoxy) is 1. The SMILES string of the molecule is CCCCCC=CCC=CCCCCCCCC(=O)C(CCCCCC=O)CCCCCCCCCCC(=O)OCCCC. The number of unbranched alkanes of at least 4 members (excludes halogenated alkanes) is 19. The third-order valence-corrected chi connectivity index (χ3v) is 8.65. The van der Waals surface area contributed by atoms with Crippen LogP contribution in [0, 0.1) is 5.92 Å². The van der Waals surface area contributed by atoms with E-state index in [1.165, 1.54) is 89.9 Å². The van der Waals surface area contributed by atoms with Crippen molar-refractivity contribution in [1.82, 2.24) is 0 Å². The zero-order chi connectivity index (χ0) is 32.2. The van der Waals surface area contributed by atoms with Gasteiger partial charge in [0.1, 0.15) is 12.1 Å². The smallest absolute Gasteiger partial charge is 0.305 e. The van der Waals surface area contributed by atoms with Gasteiger partial charge in [0.15, 0.2) is 0 Å². The third-order valence-electron chi connectivity index (χ3n) is 8.65. The first-order valence-electron chi connectivity index (χ1n) is 19.1. The largest absolute Gasteiger partial charge is 0.466 e. The summed E-state index contributed by atoms with van der Waals surface area (Å²) in [6.07, 6.45) is 42.0. The molecule has 0 N–H and O–H groups in total. The summed E-state index contributed by atoms with van der Waals surface area (Å²) in [5.41, 5.74) is 0. The maximum Gasteiger partial charge on any atom is 0.305 e. The molecule has 256 valence electrons. The van der Waals surface area contributed by atoms with Crippen molar-refractivity contribution in [2.45, 2.75) is 200 Å². The van der Waals surface area contributed by atoms with E-state index in [-0.39, 0.29) is 11.9 Å². The highest BCUT2D eigenvalue weighted by molar-refractivity contribution is 5.80. The Labute approximate surface area is 273 Å². The lowest BCUT2D eigenvalue weighted by Gasteiger charge is -2.16. The summed E-state index contributed by atoms with van der Waals surface area (Å²) in [5, 5.41) is 0. The molecule has 0 aromatic rings. The van der Waals surface area contributed by atoms with E-state index in [9.17, 15) is 14.4 Å². The van der Waals surface area contributed by atoms with Gasteiger partial charge in [-0.3, -0.25) is 9.59 Å². The van der Waals surface area contributed by atoms with Crippen LogP contribution in [-0.4, -0.2) is 24.6 Å². The van der Waals surface area contributed by atoms with E-state index in [1.807, 2.05) is 0 Å². The second-order valence-corrected chi connectivity index (χ2v) is 12.9. The van der Waals surface area contributed by atoms with Gasteiger partial charge < -0.3 is 9.53 Å². The second kappa shape index (κ2) is 35.8. The average Bonchev–Trinajstić information content (AvgIpc) is 3.02. The number of hydrogen-bond donors (Lipinski definition) is 0. The first-order chi connectivity index (χ1) is 21.7. The molecule has 0 aromatic carbocycles. The molecule has 0 fully saturated rings. The summed E-state index contributed by atoms with van der Waals surface area (Å²) in [5.74, 6) is 0.662. The number of ketones is 1. The highest BCUT2D eigenvalue weighted by atomic mass is 16.5. The molecule has 0 spiro atoms. The van der Waals surface area contributed by atoms with Crippen LogP contribution < -0.4 is 0 Å². The Morgan fingerprint density at radius 3 is 1.59 bits per heavy atom. The minimum absolute atomic E-state index is 0.0401. The van der Waals surface area contributed by atoms with Crippen molar-refractivity contribution in [2.75, 3.05) is 6.61 Å². The average molecular weight is 617 g/mol. The summed E-state index contributed by atoms with van der Waals surface area (Å²) in [4.78, 5) is 35.4. The van der Waals surface area contributed by atoms with E-state index in [4.69, 9.17) is 4.74 Å². The molecule has 4 heteroatoms. The fraction of sp³-hybridized carbons (Fsp3) is 0.825. The van der Waals surface area contributed by atoms with Gasteiger partial charge in [0.2, 0.25) is 0 Å². The standard InChI is InChI=1S/C40H72O4/c1-3-5-7-8-9-10-11-12-13-14-15-16-20-23-29-34-39(42)38(33-28-25-26-31-36-41)32-27-22-19-17-18-21-24-30-35-40(43)44-37-6-4-2/h9-10,12-13,36,38H,3-8,11,14-35,37H2,1-2H3. The number of aldehydes is 1. The second-order valence-electron chi connectivity index (χ2n) is 12.9. The van der Waals surface area contributed by atoms with Gasteiger partial charge in [-0.15, -0.1) is 0 Å². The van der Waals surface area contributed by atoms with Crippen molar-refractivity contribution in [2.24, 2.45) is 5.92 Å². The van der Waals surface area contributed by atoms with Crippen LogP contribution in [0.1, 0.15) is 200 Å². The molecule has 0 amide bonds. The fourth-order valence-electron chi connectivity index (χ4n) is 5.70. The van der Waals surface area contributed by atoms with E-state index >= 15 is 0 Å². The zero-order valence-electron chi connectivity index (χ0n) is 29.3. The van der Waals surface area contributed by atoms with Crippen molar-refractivity contribution >= 4 is 18.0 Å². The van der Waals surface area contributed by atoms with Crippen molar-refractivity contribution in [3.63, 3.8) is 0 Å². The molecule has 0 aliphatic rings. The van der Waals surface area contributed by atoms with Crippen LogP contribution in [0.4, 0.5) is 0 Å². The number of hydrogen-bond acceptors (Lipinski definition) is 4. The highest BCUT2D eigenvalue weighted by Gasteiger charge is 2.17. The fourth-order valence-corrected chi connectivity index (χ4v) is 5.70. The van der Waals surface area contributed by atoms with Gasteiger partial charge in [0, 0.05) is 25.2 Å². The van der Waals surface area contributed by atoms with E-state index in [0.29, 0.717) is 25.2 Å². The van der Waals surface area contributed by atoms with Gasteiger partial charge in [0.05, 0.1) is 6.61 Å². The van der Waals surface area contributed by atoms with E-state index in [2.05, 4.69) is 38.2 Å². The molecular formula is C40H72O4. The lowest BCUT2D eigenvalue weighted by molar-refractivity contribution is -0.143. The zero-order valence-corrected chi connectivity index (χ0v) is 29.3. The Kier molecular flexibility index (Phi) is 34.4. The van der Waals surface area contributed by atoms with Crippen molar-refractivity contribution < 1.29 is 19.1 Å². The van der Waals surface area contributed by atoms with Gasteiger partial charge >= 0.3 is 5.97 Å². The van der Waals surface area contributed by atoms with Gasteiger partial charge in [0.25, 0.3) is 0 Å². The Balaban J connectivity index is 3.97. The molecule has 0 saturated carbocycles. The van der Waals surface area contributed by atoms with Gasteiger partial charge in [-0.2, -0.15) is 0 Å². The quantitative estimate of drug-likeness (QED) is 0.0307. The van der Waals surface area contributed by atoms with Crippen LogP contribution in [0.3, 0.4) is 0 Å². The number of Topliss-reactive ketones (excluding diaryl/α,β-unsaturated/α-hetero) is 1. The summed E-state index contributed by atoms with van der Waals surface area (Å²) in [6.45, 7) is 4.92. The summed E-state index contributed by atoms with van der Waals surface area (Å²) in [6, 6.07) is 0. The molecule has 44 heavy (non-hydrogen) atoms. The Bertz CT molecular complexity index is 695. The number of esters is 1. The number of carbonyl (C=O) groups is 3. The minimum Gasteiger partial charge on any atom is -0.466 e. The molecule has 0 heterocycles. The molecular weight excluding hydrogens is 544 g/mol. The summed E-state index contributed by atoms with van der Waals surface area (Å²) >= 11 is 0. The Hall–Kier alpha value is -1.71. The first kappa shape index (κ1) is 42.3. The lowest BCUT2D eigenvalue weighted by Crippen LogP contribution is -2.14. The number of rotatable bonds is 35. The molecule has 0 saturated heterocycles. The van der Waals surface area contributed by atoms with Gasteiger partial charge in [-0.1, -0.05) is 134 Å². The monoisotopic (exact) mass is 617 g/mol. The third kappa shape index (κ3) is 31.7. The maximum absolute atomic E-state index is 13.1. The van der Waals surface area contributed by atoms with Crippen LogP contribution in [-0.2, 0) is 19.1 Å². The molecule has 0 bridgehead atoms. The number of allylic oxidation sites excluding steroid dienone is 4. The van der Waals surface area contributed by atoms with Crippen molar-refractivity contribution in [3.05, 3.63) is 24.3 Å². The number of carbonyl (C=O) groups excluding carboxylic acids is 3. The first-order valence-corrected chi connectivity index (χ1v) is 19.1. The van der Waals surface area contributed by atoms with Crippen LogP contribution >= 0.6 is 0 Å². The Morgan fingerprint density at radius 2 is 1.00 bits per heavy atom. The van der Waals surface area contributed by atoms with E-state index in [1.54, 1.807) is 0 Å². The molecule has 0 aliphatic heterocycles. The predicted octanol–water partition coefficient (Wildman–Crippen LogP) is 12.4. The van der Waals surface area contributed by atoms with Crippen molar-refractivity contribution in [1.29, 1.82) is 0 Å². The summed E-state index contributed by atoms with van der Waals surface area (Å²) < 4.78 is 5.22. The normalized spacial score (nSPS) is 12.3. The van der Waals surface area contributed by atoms with Crippen LogP contribution in [0.25, 0.3) is 0 Å². The molecule has 0 radical (unpaired) electrons. The van der Waals surface area contributed by atoms with Crippen LogP contribution in [0.5, 0.6) is 0 Å². The van der Waals surface area contributed by atoms with Gasteiger partial charge in [-0.25, -0.2) is 0 Å². The molecule has 1 atom stereocenters. The van der Waals surface area contributed by atoms with Crippen LogP contribution in [0.15, 0.2) is 24.3 Å². The van der Waals surface area contributed by atoms with Crippen LogP contribution in [0.2, 0.25) is 0 Å². The van der Waals surface area contributed by atoms with Gasteiger partial charge in [-0.05, 0) is 70.6 Å². The Morgan fingerprint density at radius 1 is 0.523 bits per heavy atom. The topological polar surface area (TPSA) is 60.4 Å². The molecule has 0 aliphatic carbocycles. The van der Waals surface area contributed by atoms with Crippen molar-refractivity contribution in [3.8, 4) is 0 Å². The molecule has 0 aromatic heterocycles. The molecule has 4 nitrogen and oxygen atoms in total. The maximum atomic E-state index is 13.1.